The lowest BCUT2D eigenvalue weighted by atomic mass is 9.99. The lowest BCUT2D eigenvalue weighted by Gasteiger charge is -2.16. The highest BCUT2D eigenvalue weighted by Gasteiger charge is 2.19. The zero-order valence-corrected chi connectivity index (χ0v) is 16.9. The van der Waals surface area contributed by atoms with E-state index in [0.717, 1.165) is 39.1 Å². The van der Waals surface area contributed by atoms with Crippen LogP contribution in [0, 0.1) is 6.92 Å². The molecule has 0 radical (unpaired) electrons. The topological polar surface area (TPSA) is 53.5 Å². The van der Waals surface area contributed by atoms with Gasteiger partial charge in [0.1, 0.15) is 0 Å². The van der Waals surface area contributed by atoms with Crippen molar-refractivity contribution in [1.82, 2.24) is 9.97 Å². The van der Waals surface area contributed by atoms with Crippen molar-refractivity contribution in [3.8, 4) is 39.8 Å². The molecule has 4 rings (SSSR count). The maximum atomic E-state index is 5.54. The van der Waals surface area contributed by atoms with Gasteiger partial charge in [-0.3, -0.25) is 0 Å². The third-order valence-corrected chi connectivity index (χ3v) is 4.91. The third-order valence-electron chi connectivity index (χ3n) is 4.91. The number of aromatic nitrogens is 2. The van der Waals surface area contributed by atoms with Crippen molar-refractivity contribution in [2.45, 2.75) is 6.92 Å². The van der Waals surface area contributed by atoms with Crippen LogP contribution < -0.4 is 14.2 Å². The average molecular weight is 386 g/mol. The molecule has 1 aromatic heterocycles. The Morgan fingerprint density at radius 1 is 0.655 bits per heavy atom. The molecule has 0 saturated heterocycles. The van der Waals surface area contributed by atoms with Gasteiger partial charge in [-0.25, -0.2) is 9.97 Å². The van der Waals surface area contributed by atoms with Crippen molar-refractivity contribution < 1.29 is 14.2 Å². The van der Waals surface area contributed by atoms with Gasteiger partial charge in [0.15, 0.2) is 11.5 Å². The maximum Gasteiger partial charge on any atom is 0.203 e. The fourth-order valence-electron chi connectivity index (χ4n) is 3.45. The molecule has 0 fully saturated rings. The molecule has 0 amide bonds. The summed E-state index contributed by atoms with van der Waals surface area (Å²) < 4.78 is 16.6. The smallest absolute Gasteiger partial charge is 0.203 e. The van der Waals surface area contributed by atoms with E-state index in [0.29, 0.717) is 17.2 Å². The largest absolute Gasteiger partial charge is 0.493 e. The predicted octanol–water partition coefficient (Wildman–Crippen LogP) is 5.30. The highest BCUT2D eigenvalue weighted by Crippen LogP contribution is 2.43. The van der Waals surface area contributed by atoms with E-state index >= 15 is 0 Å². The summed E-state index contributed by atoms with van der Waals surface area (Å²) in [6.07, 6.45) is 0. The molecule has 5 heteroatoms. The minimum Gasteiger partial charge on any atom is -0.493 e. The van der Waals surface area contributed by atoms with Crippen molar-refractivity contribution in [2.24, 2.45) is 0 Å². The number of methoxy groups -OCH3 is 3. The van der Waals surface area contributed by atoms with Gasteiger partial charge in [0.05, 0.1) is 43.8 Å². The Labute approximate surface area is 169 Å². The second kappa shape index (κ2) is 7.80. The molecular formula is C24H22N2O3. The summed E-state index contributed by atoms with van der Waals surface area (Å²) in [5, 5.41) is 0. The summed E-state index contributed by atoms with van der Waals surface area (Å²) in [5.74, 6) is 1.70. The highest BCUT2D eigenvalue weighted by atomic mass is 16.5. The molecule has 3 aromatic carbocycles. The summed E-state index contributed by atoms with van der Waals surface area (Å²) in [6.45, 7) is 2.07. The van der Waals surface area contributed by atoms with Crippen LogP contribution in [0.15, 0.2) is 60.7 Å². The number of rotatable bonds is 5. The molecule has 0 aliphatic carbocycles. The van der Waals surface area contributed by atoms with Crippen LogP contribution >= 0.6 is 0 Å². The standard InChI is InChI=1S/C24H22N2O3/c1-15-9-5-6-10-17(15)23-22(25-18-11-7-8-12-19(18)26-23)16-13-20(27-2)24(29-4)21(14-16)28-3/h5-14H,1-4H3. The number of aryl methyl sites for hydroxylation is 1. The predicted molar refractivity (Wildman–Crippen MR) is 115 cm³/mol. The summed E-state index contributed by atoms with van der Waals surface area (Å²) in [7, 11) is 4.80. The highest BCUT2D eigenvalue weighted by molar-refractivity contribution is 5.88. The molecular weight excluding hydrogens is 364 g/mol. The monoisotopic (exact) mass is 386 g/mol. The van der Waals surface area contributed by atoms with Crippen LogP contribution in [-0.2, 0) is 0 Å². The number of hydrogen-bond acceptors (Lipinski definition) is 5. The molecule has 0 aliphatic rings. The number of benzene rings is 3. The normalized spacial score (nSPS) is 10.8. The van der Waals surface area contributed by atoms with E-state index in [1.807, 2.05) is 48.5 Å². The van der Waals surface area contributed by atoms with Gasteiger partial charge in [-0.05, 0) is 36.8 Å². The molecule has 0 atom stereocenters. The maximum absolute atomic E-state index is 5.54. The van der Waals surface area contributed by atoms with Crippen molar-refractivity contribution >= 4 is 11.0 Å². The van der Waals surface area contributed by atoms with Gasteiger partial charge >= 0.3 is 0 Å². The van der Waals surface area contributed by atoms with E-state index < -0.39 is 0 Å². The molecule has 29 heavy (non-hydrogen) atoms. The van der Waals surface area contributed by atoms with E-state index in [1.54, 1.807) is 21.3 Å². The van der Waals surface area contributed by atoms with Gasteiger partial charge in [-0.2, -0.15) is 0 Å². The van der Waals surface area contributed by atoms with Gasteiger partial charge in [0, 0.05) is 11.1 Å². The summed E-state index contributed by atoms with van der Waals surface area (Å²) in [4.78, 5) is 9.92. The van der Waals surface area contributed by atoms with E-state index in [9.17, 15) is 0 Å². The number of fused-ring (bicyclic) bond motifs is 1. The Kier molecular flexibility index (Phi) is 5.04. The first-order valence-electron chi connectivity index (χ1n) is 9.29. The van der Waals surface area contributed by atoms with Gasteiger partial charge in [0.2, 0.25) is 5.75 Å². The first-order valence-corrected chi connectivity index (χ1v) is 9.29. The Hall–Kier alpha value is -3.60. The zero-order valence-electron chi connectivity index (χ0n) is 16.9. The molecule has 1 heterocycles. The molecule has 0 bridgehead atoms. The van der Waals surface area contributed by atoms with E-state index in [1.165, 1.54) is 0 Å². The summed E-state index contributed by atoms with van der Waals surface area (Å²) >= 11 is 0. The number of nitrogens with zero attached hydrogens (tertiary/aromatic N) is 2. The minimum atomic E-state index is 0.546. The first kappa shape index (κ1) is 18.7. The third kappa shape index (κ3) is 3.36. The van der Waals surface area contributed by atoms with Crippen LogP contribution in [-0.4, -0.2) is 31.3 Å². The quantitative estimate of drug-likeness (QED) is 0.466. The van der Waals surface area contributed by atoms with E-state index in [-0.39, 0.29) is 0 Å². The number of ether oxygens (including phenoxy) is 3. The van der Waals surface area contributed by atoms with E-state index in [4.69, 9.17) is 24.2 Å². The second-order valence-electron chi connectivity index (χ2n) is 6.64. The molecule has 146 valence electrons. The Bertz CT molecular complexity index is 1160. The fraction of sp³-hybridized carbons (Fsp3) is 0.167. The van der Waals surface area contributed by atoms with E-state index in [2.05, 4.69) is 19.1 Å². The van der Waals surface area contributed by atoms with Crippen LogP contribution in [0.5, 0.6) is 17.2 Å². The molecule has 5 nitrogen and oxygen atoms in total. The van der Waals surface area contributed by atoms with Crippen molar-refractivity contribution in [2.75, 3.05) is 21.3 Å². The van der Waals surface area contributed by atoms with Crippen LogP contribution in [0.1, 0.15) is 5.56 Å². The molecule has 0 unspecified atom stereocenters. The molecule has 4 aromatic rings. The minimum absolute atomic E-state index is 0.546. The number of hydrogen-bond donors (Lipinski definition) is 0. The average Bonchev–Trinajstić information content (AvgIpc) is 2.77. The molecule has 0 aliphatic heterocycles. The summed E-state index contributed by atoms with van der Waals surface area (Å²) in [6, 6.07) is 19.9. The zero-order chi connectivity index (χ0) is 20.4. The summed E-state index contributed by atoms with van der Waals surface area (Å²) in [5.41, 5.74) is 6.26. The van der Waals surface area contributed by atoms with Crippen LogP contribution in [0.4, 0.5) is 0 Å². The van der Waals surface area contributed by atoms with Crippen LogP contribution in [0.25, 0.3) is 33.5 Å². The van der Waals surface area contributed by atoms with Gasteiger partial charge in [0.25, 0.3) is 0 Å². The van der Waals surface area contributed by atoms with Crippen LogP contribution in [0.3, 0.4) is 0 Å². The van der Waals surface area contributed by atoms with Gasteiger partial charge in [-0.15, -0.1) is 0 Å². The van der Waals surface area contributed by atoms with Gasteiger partial charge < -0.3 is 14.2 Å². The van der Waals surface area contributed by atoms with Crippen molar-refractivity contribution in [3.05, 3.63) is 66.2 Å². The fourth-order valence-corrected chi connectivity index (χ4v) is 3.45. The Balaban J connectivity index is 2.05. The van der Waals surface area contributed by atoms with Crippen LogP contribution in [0.2, 0.25) is 0 Å². The molecule has 0 N–H and O–H groups in total. The Morgan fingerprint density at radius 3 is 1.76 bits per heavy atom. The molecule has 0 spiro atoms. The van der Waals surface area contributed by atoms with Crippen molar-refractivity contribution in [1.29, 1.82) is 0 Å². The van der Waals surface area contributed by atoms with Crippen molar-refractivity contribution in [3.63, 3.8) is 0 Å². The SMILES string of the molecule is COc1cc(-c2nc3ccccc3nc2-c2ccccc2C)cc(OC)c1OC. The second-order valence-corrected chi connectivity index (χ2v) is 6.64. The lowest BCUT2D eigenvalue weighted by molar-refractivity contribution is 0.324. The van der Waals surface area contributed by atoms with Gasteiger partial charge in [-0.1, -0.05) is 36.4 Å². The Morgan fingerprint density at radius 2 is 1.21 bits per heavy atom. The number of para-hydroxylation sites is 2. The lowest BCUT2D eigenvalue weighted by Crippen LogP contribution is -1.99. The molecule has 0 saturated carbocycles. The first-order chi connectivity index (χ1) is 14.2.